The summed E-state index contributed by atoms with van der Waals surface area (Å²) >= 11 is 0. The first-order chi connectivity index (χ1) is 17.1. The maximum absolute atomic E-state index is 13.1. The normalized spacial score (nSPS) is 14.3. The van der Waals surface area contributed by atoms with Gasteiger partial charge in [-0.25, -0.2) is 0 Å². The zero-order valence-electron chi connectivity index (χ0n) is 19.5. The molecule has 0 N–H and O–H groups in total. The lowest BCUT2D eigenvalue weighted by Crippen LogP contribution is -2.46. The molecule has 5 rings (SSSR count). The van der Waals surface area contributed by atoms with Gasteiger partial charge in [-0.15, -0.1) is 0 Å². The maximum Gasteiger partial charge on any atom is 0.269 e. The van der Waals surface area contributed by atoms with Crippen LogP contribution in [0.3, 0.4) is 0 Å². The molecule has 1 fully saturated rings. The van der Waals surface area contributed by atoms with Gasteiger partial charge in [-0.2, -0.15) is 0 Å². The fourth-order valence-corrected chi connectivity index (χ4v) is 4.90. The first-order valence-corrected chi connectivity index (χ1v) is 12.0. The van der Waals surface area contributed by atoms with E-state index in [1.165, 1.54) is 17.8 Å². The summed E-state index contributed by atoms with van der Waals surface area (Å²) in [6.45, 7) is 5.49. The molecule has 0 amide bonds. The van der Waals surface area contributed by atoms with Crippen LogP contribution in [0.25, 0.3) is 22.0 Å². The van der Waals surface area contributed by atoms with E-state index < -0.39 is 4.92 Å². The van der Waals surface area contributed by atoms with Crippen molar-refractivity contribution in [2.45, 2.75) is 13.0 Å². The van der Waals surface area contributed by atoms with Crippen molar-refractivity contribution in [3.8, 4) is 11.3 Å². The van der Waals surface area contributed by atoms with Gasteiger partial charge in [-0.1, -0.05) is 42.5 Å². The van der Waals surface area contributed by atoms with Crippen LogP contribution in [-0.4, -0.2) is 47.1 Å². The molecule has 178 valence electrons. The molecule has 7 nitrogen and oxygen atoms in total. The number of fused-ring (bicyclic) bond motifs is 1. The monoisotopic (exact) mass is 468 g/mol. The molecule has 0 radical (unpaired) electrons. The zero-order chi connectivity index (χ0) is 24.2. The summed E-state index contributed by atoms with van der Waals surface area (Å²) in [6, 6.07) is 26.5. The number of hydrogen-bond acceptors (Lipinski definition) is 5. The highest BCUT2D eigenvalue weighted by Crippen LogP contribution is 2.29. The van der Waals surface area contributed by atoms with Crippen molar-refractivity contribution in [2.24, 2.45) is 0 Å². The minimum absolute atomic E-state index is 0.0394. The van der Waals surface area contributed by atoms with Gasteiger partial charge < -0.3 is 9.47 Å². The van der Waals surface area contributed by atoms with Crippen LogP contribution in [0, 0.1) is 10.1 Å². The van der Waals surface area contributed by atoms with E-state index in [9.17, 15) is 14.9 Å². The van der Waals surface area contributed by atoms with E-state index in [4.69, 9.17) is 0 Å². The Labute approximate surface area is 204 Å². The van der Waals surface area contributed by atoms with Crippen LogP contribution < -0.4 is 10.5 Å². The molecule has 0 bridgehead atoms. The highest BCUT2D eigenvalue weighted by Gasteiger charge is 2.18. The Morgan fingerprint density at radius 3 is 2.20 bits per heavy atom. The number of nitro benzene ring substituents is 1. The summed E-state index contributed by atoms with van der Waals surface area (Å²) in [7, 11) is 0. The number of pyridine rings is 1. The number of para-hydroxylation sites is 1. The van der Waals surface area contributed by atoms with Crippen molar-refractivity contribution < 1.29 is 4.92 Å². The van der Waals surface area contributed by atoms with Crippen molar-refractivity contribution in [1.82, 2.24) is 9.47 Å². The predicted molar refractivity (Wildman–Crippen MR) is 140 cm³/mol. The van der Waals surface area contributed by atoms with E-state index in [0.29, 0.717) is 6.54 Å². The Kier molecular flexibility index (Phi) is 6.59. The van der Waals surface area contributed by atoms with Gasteiger partial charge in [0.25, 0.3) is 11.2 Å². The lowest BCUT2D eigenvalue weighted by molar-refractivity contribution is -0.384. The van der Waals surface area contributed by atoms with Crippen molar-refractivity contribution >= 4 is 22.1 Å². The Morgan fingerprint density at radius 2 is 1.49 bits per heavy atom. The van der Waals surface area contributed by atoms with E-state index in [-0.39, 0.29) is 11.2 Å². The number of non-ortho nitro benzene ring substituents is 1. The van der Waals surface area contributed by atoms with Crippen LogP contribution in [0.2, 0.25) is 0 Å². The number of anilines is 1. The molecule has 1 aromatic heterocycles. The van der Waals surface area contributed by atoms with Gasteiger partial charge >= 0.3 is 0 Å². The number of piperazine rings is 1. The number of hydrogen-bond donors (Lipinski definition) is 0. The van der Waals surface area contributed by atoms with Crippen molar-refractivity contribution in [3.05, 3.63) is 105 Å². The second-order valence-electron chi connectivity index (χ2n) is 8.89. The number of nitro groups is 1. The Bertz CT molecular complexity index is 1380. The van der Waals surface area contributed by atoms with Gasteiger partial charge in [0.1, 0.15) is 0 Å². The smallest absolute Gasteiger partial charge is 0.269 e. The average Bonchev–Trinajstić information content (AvgIpc) is 2.90. The van der Waals surface area contributed by atoms with Crippen LogP contribution in [0.15, 0.2) is 89.7 Å². The molecule has 7 heteroatoms. The number of aromatic nitrogens is 1. The standard InChI is InChI=1S/C28H28N4O3/c33-27-21-23-7-4-5-10-26(23)28(22-11-13-25(14-12-22)32(34)35)31(27)16-6-15-29-17-19-30(20-18-29)24-8-2-1-3-9-24/h1-5,7-14,21H,6,15-20H2. The van der Waals surface area contributed by atoms with Crippen LogP contribution in [0.4, 0.5) is 11.4 Å². The summed E-state index contributed by atoms with van der Waals surface area (Å²) in [6.07, 6.45) is 0.851. The summed E-state index contributed by atoms with van der Waals surface area (Å²) < 4.78 is 1.82. The largest absolute Gasteiger partial charge is 0.369 e. The summed E-state index contributed by atoms with van der Waals surface area (Å²) in [5, 5.41) is 13.0. The third-order valence-electron chi connectivity index (χ3n) is 6.73. The summed E-state index contributed by atoms with van der Waals surface area (Å²) in [5.74, 6) is 0. The first-order valence-electron chi connectivity index (χ1n) is 12.0. The van der Waals surface area contributed by atoms with Crippen LogP contribution in [0.5, 0.6) is 0 Å². The minimum atomic E-state index is -0.405. The molecule has 4 aromatic rings. The Hall–Kier alpha value is -3.97. The number of nitrogens with zero attached hydrogens (tertiary/aromatic N) is 4. The molecule has 35 heavy (non-hydrogen) atoms. The third-order valence-corrected chi connectivity index (χ3v) is 6.73. The minimum Gasteiger partial charge on any atom is -0.369 e. The molecule has 0 saturated carbocycles. The fourth-order valence-electron chi connectivity index (χ4n) is 4.90. The van der Waals surface area contributed by atoms with E-state index in [0.717, 1.165) is 61.2 Å². The molecular formula is C28H28N4O3. The number of rotatable bonds is 7. The second kappa shape index (κ2) is 10.1. The second-order valence-corrected chi connectivity index (χ2v) is 8.89. The Morgan fingerprint density at radius 1 is 0.800 bits per heavy atom. The topological polar surface area (TPSA) is 71.6 Å². The maximum atomic E-state index is 13.1. The van der Waals surface area contributed by atoms with Gasteiger partial charge in [0.05, 0.1) is 10.6 Å². The SMILES string of the molecule is O=c1cc2ccccc2c(-c2ccc([N+](=O)[O-])cc2)n1CCCN1CCN(c2ccccc2)CC1. The Balaban J connectivity index is 1.33. The van der Waals surface area contributed by atoms with Crippen LogP contribution in [0.1, 0.15) is 6.42 Å². The summed E-state index contributed by atoms with van der Waals surface area (Å²) in [4.78, 5) is 28.7. The highest BCUT2D eigenvalue weighted by atomic mass is 16.6. The van der Waals surface area contributed by atoms with E-state index in [1.807, 2.05) is 34.9 Å². The van der Waals surface area contributed by atoms with Crippen LogP contribution >= 0.6 is 0 Å². The molecule has 0 atom stereocenters. The molecule has 3 aromatic carbocycles. The molecule has 0 aliphatic carbocycles. The van der Waals surface area contributed by atoms with E-state index >= 15 is 0 Å². The highest BCUT2D eigenvalue weighted by molar-refractivity contribution is 5.94. The van der Waals surface area contributed by atoms with Crippen molar-refractivity contribution in [1.29, 1.82) is 0 Å². The van der Waals surface area contributed by atoms with Gasteiger partial charge in [-0.05, 0) is 48.2 Å². The van der Waals surface area contributed by atoms with E-state index in [1.54, 1.807) is 18.2 Å². The van der Waals surface area contributed by atoms with Gasteiger partial charge in [0.15, 0.2) is 0 Å². The molecule has 0 spiro atoms. The molecule has 1 aliphatic heterocycles. The zero-order valence-corrected chi connectivity index (χ0v) is 19.5. The van der Waals surface area contributed by atoms with Gasteiger partial charge in [0, 0.05) is 62.0 Å². The van der Waals surface area contributed by atoms with Crippen LogP contribution in [-0.2, 0) is 6.54 Å². The van der Waals surface area contributed by atoms with Crippen molar-refractivity contribution in [2.75, 3.05) is 37.6 Å². The lowest BCUT2D eigenvalue weighted by atomic mass is 10.0. The lowest BCUT2D eigenvalue weighted by Gasteiger charge is -2.36. The molecule has 0 unspecified atom stereocenters. The fraction of sp³-hybridized carbons (Fsp3) is 0.250. The number of benzene rings is 3. The molecule has 2 heterocycles. The quantitative estimate of drug-likeness (QED) is 0.288. The van der Waals surface area contributed by atoms with Gasteiger partial charge in [-0.3, -0.25) is 19.8 Å². The van der Waals surface area contributed by atoms with E-state index in [2.05, 4.69) is 34.1 Å². The predicted octanol–water partition coefficient (Wildman–Crippen LogP) is 4.79. The van der Waals surface area contributed by atoms with Gasteiger partial charge in [0.2, 0.25) is 0 Å². The third kappa shape index (κ3) is 4.95. The average molecular weight is 469 g/mol. The first kappa shape index (κ1) is 22.8. The molecule has 1 aliphatic rings. The van der Waals surface area contributed by atoms with Crippen molar-refractivity contribution in [3.63, 3.8) is 0 Å². The summed E-state index contributed by atoms with van der Waals surface area (Å²) in [5.41, 5.74) is 2.88. The molecule has 1 saturated heterocycles. The molecular weight excluding hydrogens is 440 g/mol.